The van der Waals surface area contributed by atoms with Crippen molar-refractivity contribution in [2.24, 2.45) is 0 Å². The van der Waals surface area contributed by atoms with Gasteiger partial charge in [0.25, 0.3) is 0 Å². The lowest BCUT2D eigenvalue weighted by molar-refractivity contribution is 0.208. The van der Waals surface area contributed by atoms with E-state index in [1.165, 1.54) is 0 Å². The summed E-state index contributed by atoms with van der Waals surface area (Å²) in [5, 5.41) is 9.05. The summed E-state index contributed by atoms with van der Waals surface area (Å²) >= 11 is 6.04. The molecule has 1 heterocycles. The molecule has 60 valence electrons. The van der Waals surface area contributed by atoms with Crippen LogP contribution in [0.1, 0.15) is 0 Å². The van der Waals surface area contributed by atoms with Crippen LogP contribution >= 0.6 is 31.9 Å². The first kappa shape index (κ1) is 8.96. The zero-order valence-electron chi connectivity index (χ0n) is 4.87. The van der Waals surface area contributed by atoms with Crippen LogP contribution < -0.4 is 0 Å². The van der Waals surface area contributed by atoms with Gasteiger partial charge in [0.1, 0.15) is 4.16 Å². The fourth-order valence-corrected chi connectivity index (χ4v) is 4.47. The van der Waals surface area contributed by atoms with E-state index in [2.05, 4.69) is 31.9 Å². The fraction of sp³-hybridized carbons (Fsp3) is 1.00. The van der Waals surface area contributed by atoms with Gasteiger partial charge in [0.05, 0.1) is 16.7 Å². The van der Waals surface area contributed by atoms with Gasteiger partial charge in [-0.3, -0.25) is 0 Å². The Balaban J connectivity index is 2.93. The van der Waals surface area contributed by atoms with Gasteiger partial charge in [0.15, 0.2) is 9.84 Å². The predicted molar refractivity (Wildman–Crippen MR) is 45.2 cm³/mol. The van der Waals surface area contributed by atoms with Crippen molar-refractivity contribution < 1.29 is 13.5 Å². The summed E-state index contributed by atoms with van der Waals surface area (Å²) < 4.78 is 21.2. The second-order valence-corrected chi connectivity index (χ2v) is 7.01. The van der Waals surface area contributed by atoms with Crippen molar-refractivity contribution in [3.8, 4) is 0 Å². The SMILES string of the molecule is O=S1(=O)C[C@H](O)[C@H](Br)[C@H]1Br. The Hall–Kier alpha value is 0.870. The van der Waals surface area contributed by atoms with Gasteiger partial charge >= 0.3 is 0 Å². The number of sulfone groups is 1. The standard InChI is InChI=1S/C4H6Br2O3S/c5-3-2(7)1-10(8,9)4(3)6/h2-4,7H,1H2/t2-,3-,4-/m0/s1. The number of hydrogen-bond acceptors (Lipinski definition) is 3. The van der Waals surface area contributed by atoms with Gasteiger partial charge < -0.3 is 5.11 Å². The van der Waals surface area contributed by atoms with Crippen molar-refractivity contribution in [2.75, 3.05) is 5.75 Å². The van der Waals surface area contributed by atoms with E-state index >= 15 is 0 Å². The van der Waals surface area contributed by atoms with E-state index in [0.29, 0.717) is 0 Å². The molecule has 0 amide bonds. The lowest BCUT2D eigenvalue weighted by atomic mass is 10.3. The van der Waals surface area contributed by atoms with Gasteiger partial charge in [-0.25, -0.2) is 8.42 Å². The Morgan fingerprint density at radius 3 is 2.00 bits per heavy atom. The minimum Gasteiger partial charge on any atom is -0.391 e. The molecule has 3 atom stereocenters. The lowest BCUT2D eigenvalue weighted by Crippen LogP contribution is -2.19. The Bertz CT molecular complexity index is 225. The minimum absolute atomic E-state index is 0.154. The molecule has 0 spiro atoms. The van der Waals surface area contributed by atoms with Crippen molar-refractivity contribution in [3.63, 3.8) is 0 Å². The average molecular weight is 294 g/mol. The number of hydrogen-bond donors (Lipinski definition) is 1. The molecule has 0 radical (unpaired) electrons. The normalized spacial score (nSPS) is 45.7. The molecule has 3 nitrogen and oxygen atoms in total. The van der Waals surface area contributed by atoms with E-state index < -0.39 is 20.1 Å². The average Bonchev–Trinajstić information content (AvgIpc) is 1.95. The highest BCUT2D eigenvalue weighted by Crippen LogP contribution is 2.31. The van der Waals surface area contributed by atoms with Crippen LogP contribution in [-0.2, 0) is 9.84 Å². The van der Waals surface area contributed by atoms with Crippen LogP contribution in [0, 0.1) is 0 Å². The molecule has 1 aliphatic rings. The van der Waals surface area contributed by atoms with Gasteiger partial charge in [0, 0.05) is 0 Å². The third-order valence-corrected chi connectivity index (χ3v) is 7.63. The van der Waals surface area contributed by atoms with Crippen LogP contribution in [0.5, 0.6) is 0 Å². The van der Waals surface area contributed by atoms with Crippen molar-refractivity contribution >= 4 is 41.7 Å². The first-order valence-electron chi connectivity index (χ1n) is 2.63. The van der Waals surface area contributed by atoms with E-state index in [-0.39, 0.29) is 10.6 Å². The quantitative estimate of drug-likeness (QED) is 0.652. The van der Waals surface area contributed by atoms with E-state index in [4.69, 9.17) is 5.11 Å². The first-order chi connectivity index (χ1) is 4.45. The number of alkyl halides is 2. The fourth-order valence-electron chi connectivity index (χ4n) is 0.795. The summed E-state index contributed by atoms with van der Waals surface area (Å²) in [6, 6.07) is 0. The van der Waals surface area contributed by atoms with Crippen LogP contribution in [-0.4, -0.2) is 34.4 Å². The summed E-state index contributed by atoms with van der Waals surface area (Å²) in [4.78, 5) is -0.377. The molecule has 1 rings (SSSR count). The highest BCUT2D eigenvalue weighted by atomic mass is 79.9. The first-order valence-corrected chi connectivity index (χ1v) is 6.17. The summed E-state index contributed by atoms with van der Waals surface area (Å²) in [6.07, 6.45) is -0.783. The lowest BCUT2D eigenvalue weighted by Gasteiger charge is -2.05. The minimum atomic E-state index is -3.10. The summed E-state index contributed by atoms with van der Waals surface area (Å²) in [5.41, 5.74) is 0. The van der Waals surface area contributed by atoms with E-state index in [0.717, 1.165) is 0 Å². The van der Waals surface area contributed by atoms with Crippen molar-refractivity contribution in [1.29, 1.82) is 0 Å². The van der Waals surface area contributed by atoms with Crippen molar-refractivity contribution in [2.45, 2.75) is 15.1 Å². The number of aliphatic hydroxyl groups excluding tert-OH is 1. The molecule has 0 saturated carbocycles. The van der Waals surface area contributed by atoms with Crippen molar-refractivity contribution in [1.82, 2.24) is 0 Å². The monoisotopic (exact) mass is 292 g/mol. The zero-order valence-corrected chi connectivity index (χ0v) is 8.86. The van der Waals surface area contributed by atoms with E-state index in [9.17, 15) is 8.42 Å². The molecular weight excluding hydrogens is 288 g/mol. The predicted octanol–water partition coefficient (Wildman–Crippen LogP) is 0.260. The van der Waals surface area contributed by atoms with Gasteiger partial charge in [-0.15, -0.1) is 0 Å². The van der Waals surface area contributed by atoms with Crippen LogP contribution in [0.15, 0.2) is 0 Å². The molecule has 0 aromatic heterocycles. The maximum atomic E-state index is 10.9. The van der Waals surface area contributed by atoms with E-state index in [1.54, 1.807) is 0 Å². The molecule has 0 aliphatic carbocycles. The number of aliphatic hydroxyl groups is 1. The van der Waals surface area contributed by atoms with Gasteiger partial charge in [-0.05, 0) is 0 Å². The smallest absolute Gasteiger partial charge is 0.166 e. The summed E-state index contributed by atoms with van der Waals surface area (Å²) in [7, 11) is -3.10. The second kappa shape index (κ2) is 2.73. The Morgan fingerprint density at radius 2 is 1.90 bits per heavy atom. The molecular formula is C4H6Br2O3S. The Labute approximate surface area is 76.0 Å². The molecule has 0 bridgehead atoms. The van der Waals surface area contributed by atoms with Gasteiger partial charge in [-0.1, -0.05) is 31.9 Å². The highest BCUT2D eigenvalue weighted by molar-refractivity contribution is 9.13. The van der Waals surface area contributed by atoms with Crippen LogP contribution in [0.2, 0.25) is 0 Å². The second-order valence-electron chi connectivity index (χ2n) is 2.19. The molecule has 10 heavy (non-hydrogen) atoms. The topological polar surface area (TPSA) is 54.4 Å². The third-order valence-electron chi connectivity index (χ3n) is 1.36. The van der Waals surface area contributed by atoms with Crippen LogP contribution in [0.3, 0.4) is 0 Å². The number of halogens is 2. The molecule has 1 aliphatic heterocycles. The molecule has 6 heteroatoms. The maximum Gasteiger partial charge on any atom is 0.166 e. The molecule has 0 unspecified atom stereocenters. The summed E-state index contributed by atoms with van der Waals surface area (Å²) in [6.45, 7) is 0. The molecule has 1 N–H and O–H groups in total. The largest absolute Gasteiger partial charge is 0.391 e. The number of rotatable bonds is 0. The van der Waals surface area contributed by atoms with Crippen molar-refractivity contribution in [3.05, 3.63) is 0 Å². The zero-order chi connectivity index (χ0) is 7.94. The highest BCUT2D eigenvalue weighted by Gasteiger charge is 2.43. The molecule has 1 saturated heterocycles. The van der Waals surface area contributed by atoms with Crippen LogP contribution in [0.25, 0.3) is 0 Å². The van der Waals surface area contributed by atoms with Gasteiger partial charge in [-0.2, -0.15) is 0 Å². The summed E-state index contributed by atoms with van der Waals surface area (Å²) in [5.74, 6) is -0.154. The van der Waals surface area contributed by atoms with Gasteiger partial charge in [0.2, 0.25) is 0 Å². The Morgan fingerprint density at radius 1 is 1.40 bits per heavy atom. The van der Waals surface area contributed by atoms with Crippen LogP contribution in [0.4, 0.5) is 0 Å². The van der Waals surface area contributed by atoms with E-state index in [1.807, 2.05) is 0 Å². The molecule has 0 aromatic carbocycles. The molecule has 0 aromatic rings. The maximum absolute atomic E-state index is 10.9. The molecule has 1 fully saturated rings. The third kappa shape index (κ3) is 1.39. The Kier molecular flexibility index (Phi) is 2.45.